The van der Waals surface area contributed by atoms with Crippen LogP contribution < -0.4 is 16.4 Å². The van der Waals surface area contributed by atoms with E-state index in [-0.39, 0.29) is 12.2 Å². The summed E-state index contributed by atoms with van der Waals surface area (Å²) in [7, 11) is 0. The highest BCUT2D eigenvalue weighted by atomic mass is 19.1. The SMILES string of the molecule is Nc1ccccc1CNC(=O)Nc1ccc(F)cc1F. The molecule has 2 rings (SSSR count). The summed E-state index contributed by atoms with van der Waals surface area (Å²) in [5.74, 6) is -1.54. The Labute approximate surface area is 114 Å². The summed E-state index contributed by atoms with van der Waals surface area (Å²) in [5.41, 5.74) is 6.94. The molecule has 0 saturated heterocycles. The first kappa shape index (κ1) is 13.8. The fourth-order valence-electron chi connectivity index (χ4n) is 1.63. The number of hydrogen-bond acceptors (Lipinski definition) is 2. The van der Waals surface area contributed by atoms with Gasteiger partial charge < -0.3 is 16.4 Å². The molecule has 2 aromatic carbocycles. The molecule has 0 fully saturated rings. The van der Waals surface area contributed by atoms with E-state index in [0.29, 0.717) is 11.8 Å². The highest BCUT2D eigenvalue weighted by molar-refractivity contribution is 5.89. The molecule has 0 aromatic heterocycles. The van der Waals surface area contributed by atoms with Crippen LogP contribution in [0.15, 0.2) is 42.5 Å². The van der Waals surface area contributed by atoms with E-state index in [2.05, 4.69) is 10.6 Å². The van der Waals surface area contributed by atoms with Crippen LogP contribution in [0.2, 0.25) is 0 Å². The zero-order valence-electron chi connectivity index (χ0n) is 10.5. The molecule has 0 aliphatic heterocycles. The first-order valence-electron chi connectivity index (χ1n) is 5.89. The van der Waals surface area contributed by atoms with E-state index >= 15 is 0 Å². The Kier molecular flexibility index (Phi) is 4.14. The van der Waals surface area contributed by atoms with Gasteiger partial charge in [0.2, 0.25) is 0 Å². The number of urea groups is 1. The van der Waals surface area contributed by atoms with Gasteiger partial charge in [-0.25, -0.2) is 13.6 Å². The second-order valence-corrected chi connectivity index (χ2v) is 4.13. The topological polar surface area (TPSA) is 67.1 Å². The third kappa shape index (κ3) is 3.44. The van der Waals surface area contributed by atoms with Crippen molar-refractivity contribution < 1.29 is 13.6 Å². The van der Waals surface area contributed by atoms with Gasteiger partial charge in [-0.15, -0.1) is 0 Å². The number of halogens is 2. The van der Waals surface area contributed by atoms with Crippen molar-refractivity contribution in [2.75, 3.05) is 11.1 Å². The van der Waals surface area contributed by atoms with E-state index in [1.165, 1.54) is 0 Å². The lowest BCUT2D eigenvalue weighted by Gasteiger charge is -2.09. The zero-order valence-corrected chi connectivity index (χ0v) is 10.5. The maximum absolute atomic E-state index is 13.3. The Morgan fingerprint density at radius 1 is 1.15 bits per heavy atom. The Balaban J connectivity index is 1.94. The Morgan fingerprint density at radius 3 is 2.60 bits per heavy atom. The van der Waals surface area contributed by atoms with Crippen molar-refractivity contribution in [3.8, 4) is 0 Å². The number of benzene rings is 2. The molecule has 6 heteroatoms. The van der Waals surface area contributed by atoms with Crippen LogP contribution in [0.4, 0.5) is 25.0 Å². The van der Waals surface area contributed by atoms with Gasteiger partial charge in [0.1, 0.15) is 11.6 Å². The summed E-state index contributed by atoms with van der Waals surface area (Å²) in [5, 5.41) is 4.83. The van der Waals surface area contributed by atoms with Gasteiger partial charge in [0, 0.05) is 18.3 Å². The number of amides is 2. The molecule has 0 spiro atoms. The Bertz CT molecular complexity index is 632. The molecule has 4 N–H and O–H groups in total. The minimum Gasteiger partial charge on any atom is -0.398 e. The molecule has 20 heavy (non-hydrogen) atoms. The third-order valence-corrected chi connectivity index (χ3v) is 2.67. The van der Waals surface area contributed by atoms with E-state index in [1.54, 1.807) is 24.3 Å². The van der Waals surface area contributed by atoms with Crippen molar-refractivity contribution in [2.45, 2.75) is 6.54 Å². The van der Waals surface area contributed by atoms with Gasteiger partial charge in [-0.05, 0) is 23.8 Å². The van der Waals surface area contributed by atoms with Crippen molar-refractivity contribution in [1.82, 2.24) is 5.32 Å². The standard InChI is InChI=1S/C14H13F2N3O/c15-10-5-6-13(11(16)7-10)19-14(20)18-8-9-3-1-2-4-12(9)17/h1-7H,8,17H2,(H2,18,19,20). The number of nitrogen functional groups attached to an aromatic ring is 1. The number of carbonyl (C=O) groups excluding carboxylic acids is 1. The third-order valence-electron chi connectivity index (χ3n) is 2.67. The van der Waals surface area contributed by atoms with E-state index in [4.69, 9.17) is 5.73 Å². The first-order valence-corrected chi connectivity index (χ1v) is 5.89. The molecular formula is C14H13F2N3O. The van der Waals surface area contributed by atoms with Crippen LogP contribution in [-0.2, 0) is 6.54 Å². The van der Waals surface area contributed by atoms with Crippen molar-refractivity contribution in [3.63, 3.8) is 0 Å². The van der Waals surface area contributed by atoms with Gasteiger partial charge in [0.05, 0.1) is 5.69 Å². The molecule has 0 aliphatic rings. The predicted molar refractivity (Wildman–Crippen MR) is 73.1 cm³/mol. The Hall–Kier alpha value is -2.63. The fraction of sp³-hybridized carbons (Fsp3) is 0.0714. The van der Waals surface area contributed by atoms with Crippen LogP contribution in [-0.4, -0.2) is 6.03 Å². The smallest absolute Gasteiger partial charge is 0.319 e. The fourth-order valence-corrected chi connectivity index (χ4v) is 1.63. The molecule has 104 valence electrons. The summed E-state index contributed by atoms with van der Waals surface area (Å²) < 4.78 is 26.1. The van der Waals surface area contributed by atoms with Crippen LogP contribution in [0.25, 0.3) is 0 Å². The summed E-state index contributed by atoms with van der Waals surface area (Å²) in [6.07, 6.45) is 0. The van der Waals surface area contributed by atoms with E-state index in [0.717, 1.165) is 17.7 Å². The van der Waals surface area contributed by atoms with Crippen LogP contribution in [0.1, 0.15) is 5.56 Å². The normalized spacial score (nSPS) is 10.1. The second-order valence-electron chi connectivity index (χ2n) is 4.13. The molecule has 0 heterocycles. The van der Waals surface area contributed by atoms with Crippen molar-refractivity contribution >= 4 is 17.4 Å². The quantitative estimate of drug-likeness (QED) is 0.755. The first-order chi connectivity index (χ1) is 9.56. The molecule has 0 bridgehead atoms. The van der Waals surface area contributed by atoms with E-state index in [1.807, 2.05) is 0 Å². The summed E-state index contributed by atoms with van der Waals surface area (Å²) in [6.45, 7) is 0.210. The number of hydrogen-bond donors (Lipinski definition) is 3. The monoisotopic (exact) mass is 277 g/mol. The van der Waals surface area contributed by atoms with Gasteiger partial charge in [-0.3, -0.25) is 0 Å². The van der Waals surface area contributed by atoms with Crippen LogP contribution in [0.5, 0.6) is 0 Å². The predicted octanol–water partition coefficient (Wildman–Crippen LogP) is 2.87. The highest BCUT2D eigenvalue weighted by Gasteiger charge is 2.08. The Morgan fingerprint density at radius 2 is 1.90 bits per heavy atom. The van der Waals surface area contributed by atoms with Crippen molar-refractivity contribution in [2.24, 2.45) is 0 Å². The summed E-state index contributed by atoms with van der Waals surface area (Å²) in [6, 6.07) is 9.39. The highest BCUT2D eigenvalue weighted by Crippen LogP contribution is 2.15. The number of anilines is 2. The molecular weight excluding hydrogens is 264 g/mol. The molecule has 0 saturated carbocycles. The lowest BCUT2D eigenvalue weighted by atomic mass is 10.2. The number of para-hydroxylation sites is 1. The minimum absolute atomic E-state index is 0.0927. The van der Waals surface area contributed by atoms with Gasteiger partial charge in [-0.2, -0.15) is 0 Å². The van der Waals surface area contributed by atoms with Crippen LogP contribution in [0, 0.1) is 11.6 Å². The molecule has 4 nitrogen and oxygen atoms in total. The van der Waals surface area contributed by atoms with Crippen LogP contribution in [0.3, 0.4) is 0 Å². The number of rotatable bonds is 3. The summed E-state index contributed by atoms with van der Waals surface area (Å²) >= 11 is 0. The number of nitrogens with one attached hydrogen (secondary N) is 2. The molecule has 0 radical (unpaired) electrons. The van der Waals surface area contributed by atoms with Gasteiger partial charge in [0.25, 0.3) is 0 Å². The zero-order chi connectivity index (χ0) is 14.5. The average molecular weight is 277 g/mol. The molecule has 0 unspecified atom stereocenters. The number of nitrogens with two attached hydrogens (primary N) is 1. The second kappa shape index (κ2) is 6.01. The minimum atomic E-state index is -0.834. The van der Waals surface area contributed by atoms with Crippen molar-refractivity contribution in [1.29, 1.82) is 0 Å². The maximum Gasteiger partial charge on any atom is 0.319 e. The molecule has 2 aromatic rings. The van der Waals surface area contributed by atoms with Gasteiger partial charge >= 0.3 is 6.03 Å². The maximum atomic E-state index is 13.3. The van der Waals surface area contributed by atoms with Crippen molar-refractivity contribution in [3.05, 3.63) is 59.7 Å². The largest absolute Gasteiger partial charge is 0.398 e. The van der Waals surface area contributed by atoms with E-state index < -0.39 is 17.7 Å². The van der Waals surface area contributed by atoms with Crippen LogP contribution >= 0.6 is 0 Å². The molecule has 2 amide bonds. The molecule has 0 aliphatic carbocycles. The summed E-state index contributed by atoms with van der Waals surface area (Å²) in [4.78, 5) is 11.6. The molecule has 0 atom stereocenters. The lowest BCUT2D eigenvalue weighted by Crippen LogP contribution is -2.28. The number of carbonyl (C=O) groups is 1. The van der Waals surface area contributed by atoms with E-state index in [9.17, 15) is 13.6 Å². The lowest BCUT2D eigenvalue weighted by molar-refractivity contribution is 0.251. The van der Waals surface area contributed by atoms with Gasteiger partial charge in [-0.1, -0.05) is 18.2 Å². The van der Waals surface area contributed by atoms with Gasteiger partial charge in [0.15, 0.2) is 0 Å². The average Bonchev–Trinajstić information content (AvgIpc) is 2.41.